The second-order valence-corrected chi connectivity index (χ2v) is 7.75. The van der Waals surface area contributed by atoms with E-state index >= 15 is 0 Å². The molecule has 2 aromatic heterocycles. The standard InChI is InChI=1S/C23H21N7O3/c31-21(15-30-22(32)17-5-1-2-6-18(17)23(30)33)29-12-10-28(11-13-29)20-8-7-19(26-27-20)25-16-4-3-9-24-14-16/h1-9,14H,10-13,15H2,(H,25,26). The molecule has 1 N–H and O–H groups in total. The molecule has 3 aromatic rings. The summed E-state index contributed by atoms with van der Waals surface area (Å²) >= 11 is 0. The Bertz CT molecular complexity index is 1160. The molecule has 2 aliphatic heterocycles. The lowest BCUT2D eigenvalue weighted by atomic mass is 10.1. The molecule has 5 rings (SSSR count). The maximum atomic E-state index is 12.8. The lowest BCUT2D eigenvalue weighted by Gasteiger charge is -2.35. The summed E-state index contributed by atoms with van der Waals surface area (Å²) in [6, 6.07) is 14.1. The van der Waals surface area contributed by atoms with Gasteiger partial charge in [-0.2, -0.15) is 0 Å². The average Bonchev–Trinajstić information content (AvgIpc) is 3.10. The van der Waals surface area contributed by atoms with Crippen LogP contribution in [0.3, 0.4) is 0 Å². The molecule has 166 valence electrons. The Kier molecular flexibility index (Phi) is 5.39. The predicted octanol–water partition coefficient (Wildman–Crippen LogP) is 1.56. The minimum atomic E-state index is -0.419. The van der Waals surface area contributed by atoms with Gasteiger partial charge in [0.1, 0.15) is 6.54 Å². The first-order valence-electron chi connectivity index (χ1n) is 10.6. The Labute approximate surface area is 189 Å². The fourth-order valence-electron chi connectivity index (χ4n) is 3.95. The molecule has 33 heavy (non-hydrogen) atoms. The van der Waals surface area contributed by atoms with Crippen LogP contribution in [0.4, 0.5) is 17.3 Å². The van der Waals surface area contributed by atoms with E-state index in [1.807, 2.05) is 29.2 Å². The van der Waals surface area contributed by atoms with Crippen molar-refractivity contribution in [3.05, 3.63) is 72.1 Å². The van der Waals surface area contributed by atoms with Crippen LogP contribution in [0.2, 0.25) is 0 Å². The number of hydrogen-bond donors (Lipinski definition) is 1. The van der Waals surface area contributed by atoms with Crippen LogP contribution in [0, 0.1) is 0 Å². The van der Waals surface area contributed by atoms with Crippen LogP contribution in [0.15, 0.2) is 60.9 Å². The third-order valence-corrected chi connectivity index (χ3v) is 5.71. The number of carbonyl (C=O) groups is 3. The summed E-state index contributed by atoms with van der Waals surface area (Å²) in [6.45, 7) is 1.86. The quantitative estimate of drug-likeness (QED) is 0.592. The van der Waals surface area contributed by atoms with Crippen molar-refractivity contribution in [1.82, 2.24) is 25.0 Å². The van der Waals surface area contributed by atoms with Crippen LogP contribution >= 0.6 is 0 Å². The Morgan fingerprint density at radius 3 is 2.21 bits per heavy atom. The van der Waals surface area contributed by atoms with E-state index in [9.17, 15) is 14.4 Å². The second kappa shape index (κ2) is 8.65. The lowest BCUT2D eigenvalue weighted by Crippen LogP contribution is -2.52. The van der Waals surface area contributed by atoms with Gasteiger partial charge in [-0.05, 0) is 36.4 Å². The summed E-state index contributed by atoms with van der Waals surface area (Å²) in [4.78, 5) is 46.6. The van der Waals surface area contributed by atoms with Gasteiger partial charge in [0.2, 0.25) is 5.91 Å². The molecule has 0 saturated carbocycles. The van der Waals surface area contributed by atoms with Crippen molar-refractivity contribution in [3.8, 4) is 0 Å². The maximum absolute atomic E-state index is 12.8. The number of hydrogen-bond acceptors (Lipinski definition) is 8. The first-order valence-corrected chi connectivity index (χ1v) is 10.6. The molecule has 3 amide bonds. The van der Waals surface area contributed by atoms with Gasteiger partial charge in [0, 0.05) is 32.4 Å². The van der Waals surface area contributed by atoms with Crippen LogP contribution < -0.4 is 10.2 Å². The van der Waals surface area contributed by atoms with E-state index < -0.39 is 11.8 Å². The van der Waals surface area contributed by atoms with Crippen LogP contribution in [0.1, 0.15) is 20.7 Å². The number of amides is 3. The largest absolute Gasteiger partial charge is 0.352 e. The molecule has 0 aliphatic carbocycles. The van der Waals surface area contributed by atoms with Gasteiger partial charge in [0.15, 0.2) is 11.6 Å². The number of piperazine rings is 1. The van der Waals surface area contributed by atoms with Gasteiger partial charge in [-0.25, -0.2) is 0 Å². The van der Waals surface area contributed by atoms with Gasteiger partial charge in [0.25, 0.3) is 11.8 Å². The topological polar surface area (TPSA) is 112 Å². The number of nitrogens with one attached hydrogen (secondary N) is 1. The summed E-state index contributed by atoms with van der Waals surface area (Å²) in [6.07, 6.45) is 3.40. The number of nitrogens with zero attached hydrogens (tertiary/aromatic N) is 6. The third kappa shape index (κ3) is 4.10. The third-order valence-electron chi connectivity index (χ3n) is 5.71. The molecule has 10 nitrogen and oxygen atoms in total. The van der Waals surface area contributed by atoms with Gasteiger partial charge in [-0.3, -0.25) is 24.3 Å². The number of rotatable bonds is 5. The molecule has 0 unspecified atom stereocenters. The molecular formula is C23H21N7O3. The second-order valence-electron chi connectivity index (χ2n) is 7.75. The summed E-state index contributed by atoms with van der Waals surface area (Å²) in [5.74, 6) is 0.252. The van der Waals surface area contributed by atoms with Gasteiger partial charge in [-0.1, -0.05) is 12.1 Å². The average molecular weight is 443 g/mol. The number of pyridine rings is 1. The fourth-order valence-corrected chi connectivity index (χ4v) is 3.95. The zero-order chi connectivity index (χ0) is 22.8. The highest BCUT2D eigenvalue weighted by molar-refractivity contribution is 6.22. The zero-order valence-electron chi connectivity index (χ0n) is 17.7. The monoisotopic (exact) mass is 443 g/mol. The molecule has 10 heteroatoms. The molecule has 0 spiro atoms. The Morgan fingerprint density at radius 1 is 0.879 bits per heavy atom. The molecule has 1 aromatic carbocycles. The first kappa shape index (κ1) is 20.6. The number of benzene rings is 1. The Hall–Kier alpha value is -4.34. The Morgan fingerprint density at radius 2 is 1.61 bits per heavy atom. The summed E-state index contributed by atoms with van der Waals surface area (Å²) in [5.41, 5.74) is 1.52. The number of imide groups is 1. The maximum Gasteiger partial charge on any atom is 0.262 e. The van der Waals surface area contributed by atoms with Crippen molar-refractivity contribution in [3.63, 3.8) is 0 Å². The van der Waals surface area contributed by atoms with Gasteiger partial charge in [-0.15, -0.1) is 10.2 Å². The number of fused-ring (bicyclic) bond motifs is 1. The van der Waals surface area contributed by atoms with Crippen molar-refractivity contribution in [2.75, 3.05) is 42.9 Å². The van der Waals surface area contributed by atoms with Crippen molar-refractivity contribution in [1.29, 1.82) is 0 Å². The first-order chi connectivity index (χ1) is 16.1. The van der Waals surface area contributed by atoms with Gasteiger partial charge >= 0.3 is 0 Å². The van der Waals surface area contributed by atoms with E-state index in [0.717, 1.165) is 16.4 Å². The fraction of sp³-hybridized carbons (Fsp3) is 0.217. The predicted molar refractivity (Wildman–Crippen MR) is 120 cm³/mol. The van der Waals surface area contributed by atoms with E-state index in [0.29, 0.717) is 43.1 Å². The van der Waals surface area contributed by atoms with Gasteiger partial charge < -0.3 is 15.1 Å². The van der Waals surface area contributed by atoms with Crippen LogP contribution in [0.25, 0.3) is 0 Å². The van der Waals surface area contributed by atoms with E-state index in [4.69, 9.17) is 0 Å². The zero-order valence-corrected chi connectivity index (χ0v) is 17.7. The van der Waals surface area contributed by atoms with Crippen LogP contribution in [-0.4, -0.2) is 75.4 Å². The van der Waals surface area contributed by atoms with Crippen LogP contribution in [0.5, 0.6) is 0 Å². The molecule has 0 atom stereocenters. The SMILES string of the molecule is O=C(CN1C(=O)c2ccccc2C1=O)N1CCN(c2ccc(Nc3cccnc3)nn2)CC1. The smallest absolute Gasteiger partial charge is 0.262 e. The molecule has 1 fully saturated rings. The summed E-state index contributed by atoms with van der Waals surface area (Å²) in [7, 11) is 0. The van der Waals surface area contributed by atoms with E-state index in [1.165, 1.54) is 0 Å². The number of aromatic nitrogens is 3. The molecule has 4 heterocycles. The Balaban J connectivity index is 1.15. The van der Waals surface area contributed by atoms with Crippen LogP contribution in [-0.2, 0) is 4.79 Å². The number of carbonyl (C=O) groups excluding carboxylic acids is 3. The highest BCUT2D eigenvalue weighted by Crippen LogP contribution is 2.23. The molecule has 0 radical (unpaired) electrons. The van der Waals surface area contributed by atoms with Gasteiger partial charge in [0.05, 0.1) is 23.0 Å². The minimum Gasteiger partial charge on any atom is -0.352 e. The summed E-state index contributed by atoms with van der Waals surface area (Å²) < 4.78 is 0. The molecule has 0 bridgehead atoms. The normalized spacial score (nSPS) is 15.6. The molecule has 1 saturated heterocycles. The van der Waals surface area contributed by atoms with E-state index in [1.54, 1.807) is 41.6 Å². The minimum absolute atomic E-state index is 0.244. The van der Waals surface area contributed by atoms with Crippen molar-refractivity contribution in [2.45, 2.75) is 0 Å². The van der Waals surface area contributed by atoms with E-state index in [2.05, 4.69) is 20.5 Å². The molecule has 2 aliphatic rings. The highest BCUT2D eigenvalue weighted by Gasteiger charge is 2.37. The molecular weight excluding hydrogens is 422 g/mol. The highest BCUT2D eigenvalue weighted by atomic mass is 16.2. The van der Waals surface area contributed by atoms with Crippen molar-refractivity contribution < 1.29 is 14.4 Å². The van der Waals surface area contributed by atoms with Crippen molar-refractivity contribution >= 4 is 35.0 Å². The lowest BCUT2D eigenvalue weighted by molar-refractivity contribution is -0.131. The summed E-state index contributed by atoms with van der Waals surface area (Å²) in [5, 5.41) is 11.6. The van der Waals surface area contributed by atoms with Crippen molar-refractivity contribution in [2.24, 2.45) is 0 Å². The number of anilines is 3. The van der Waals surface area contributed by atoms with E-state index in [-0.39, 0.29) is 12.5 Å².